The van der Waals surface area contributed by atoms with Crippen molar-refractivity contribution in [1.82, 2.24) is 19.3 Å². The van der Waals surface area contributed by atoms with Gasteiger partial charge in [-0.3, -0.25) is 9.20 Å². The van der Waals surface area contributed by atoms with Crippen molar-refractivity contribution in [3.63, 3.8) is 0 Å². The average molecular weight is 353 g/mol. The lowest BCUT2D eigenvalue weighted by Crippen LogP contribution is -2.49. The van der Waals surface area contributed by atoms with Crippen molar-refractivity contribution in [2.45, 2.75) is 13.3 Å². The molecule has 26 heavy (non-hydrogen) atoms. The summed E-state index contributed by atoms with van der Waals surface area (Å²) in [5.74, 6) is 0.443. The summed E-state index contributed by atoms with van der Waals surface area (Å²) >= 11 is 0. The fraction of sp³-hybridized carbons (Fsp3) is 0.316. The molecule has 0 saturated carbocycles. The Balaban J connectivity index is 1.57. The number of pyridine rings is 2. The number of carbonyl (C=O) groups is 1. The van der Waals surface area contributed by atoms with E-state index in [2.05, 4.69) is 14.9 Å². The van der Waals surface area contributed by atoms with E-state index < -0.39 is 0 Å². The van der Waals surface area contributed by atoms with Gasteiger partial charge in [0.15, 0.2) is 0 Å². The van der Waals surface area contributed by atoms with E-state index >= 15 is 0 Å². The van der Waals surface area contributed by atoms with E-state index in [1.165, 1.54) is 12.3 Å². The maximum Gasteiger partial charge on any atom is 0.272 e. The molecular formula is C19H20FN5O. The normalized spacial score (nSPS) is 14.8. The molecule has 1 fully saturated rings. The molecule has 7 heteroatoms. The van der Waals surface area contributed by atoms with Crippen molar-refractivity contribution in [1.29, 1.82) is 0 Å². The van der Waals surface area contributed by atoms with Crippen LogP contribution in [0.15, 0.2) is 42.7 Å². The van der Waals surface area contributed by atoms with Crippen LogP contribution in [0.5, 0.6) is 0 Å². The molecule has 1 aliphatic rings. The van der Waals surface area contributed by atoms with E-state index in [9.17, 15) is 9.18 Å². The number of imidazole rings is 1. The van der Waals surface area contributed by atoms with Gasteiger partial charge in [-0.15, -0.1) is 0 Å². The molecule has 4 heterocycles. The second kappa shape index (κ2) is 6.74. The monoisotopic (exact) mass is 353 g/mol. The highest BCUT2D eigenvalue weighted by Crippen LogP contribution is 2.19. The molecule has 0 radical (unpaired) electrons. The number of anilines is 1. The Morgan fingerprint density at radius 2 is 1.96 bits per heavy atom. The zero-order chi connectivity index (χ0) is 18.1. The molecule has 3 aromatic heterocycles. The van der Waals surface area contributed by atoms with Gasteiger partial charge in [-0.1, -0.05) is 13.0 Å². The van der Waals surface area contributed by atoms with Crippen LogP contribution < -0.4 is 4.90 Å². The topological polar surface area (TPSA) is 53.7 Å². The molecule has 134 valence electrons. The molecule has 6 nitrogen and oxygen atoms in total. The van der Waals surface area contributed by atoms with Crippen molar-refractivity contribution < 1.29 is 9.18 Å². The molecule has 3 aromatic rings. The SMILES string of the molecule is CCc1nc2ccc(F)cn2c1C(=O)N1CCN(c2ccccn2)CC1. The summed E-state index contributed by atoms with van der Waals surface area (Å²) in [7, 11) is 0. The lowest BCUT2D eigenvalue weighted by Gasteiger charge is -2.35. The minimum atomic E-state index is -0.383. The van der Waals surface area contributed by atoms with Gasteiger partial charge in [-0.25, -0.2) is 14.4 Å². The van der Waals surface area contributed by atoms with Crippen LogP contribution in [0.25, 0.3) is 5.65 Å². The van der Waals surface area contributed by atoms with Crippen LogP contribution >= 0.6 is 0 Å². The summed E-state index contributed by atoms with van der Waals surface area (Å²) < 4.78 is 15.3. The Hall–Kier alpha value is -2.96. The number of amides is 1. The minimum Gasteiger partial charge on any atom is -0.353 e. The fourth-order valence-electron chi connectivity index (χ4n) is 3.37. The van der Waals surface area contributed by atoms with Gasteiger partial charge >= 0.3 is 0 Å². The molecule has 0 atom stereocenters. The quantitative estimate of drug-likeness (QED) is 0.726. The molecule has 1 aliphatic heterocycles. The number of fused-ring (bicyclic) bond motifs is 1. The highest BCUT2D eigenvalue weighted by atomic mass is 19.1. The Kier molecular flexibility index (Phi) is 4.28. The van der Waals surface area contributed by atoms with Gasteiger partial charge < -0.3 is 9.80 Å². The molecule has 0 bridgehead atoms. The molecular weight excluding hydrogens is 333 g/mol. The largest absolute Gasteiger partial charge is 0.353 e. The van der Waals surface area contributed by atoms with Gasteiger partial charge in [0.2, 0.25) is 0 Å². The summed E-state index contributed by atoms with van der Waals surface area (Å²) in [5.41, 5.74) is 1.76. The fourth-order valence-corrected chi connectivity index (χ4v) is 3.37. The molecule has 0 spiro atoms. The van der Waals surface area contributed by atoms with E-state index in [4.69, 9.17) is 0 Å². The Labute approximate surface area is 150 Å². The molecule has 1 saturated heterocycles. The third-order valence-electron chi connectivity index (χ3n) is 4.73. The molecule has 0 aromatic carbocycles. The molecule has 1 amide bonds. The maximum absolute atomic E-state index is 13.7. The van der Waals surface area contributed by atoms with Crippen molar-refractivity contribution in [2.24, 2.45) is 0 Å². The zero-order valence-corrected chi connectivity index (χ0v) is 14.6. The zero-order valence-electron chi connectivity index (χ0n) is 14.6. The average Bonchev–Trinajstić information content (AvgIpc) is 3.06. The lowest BCUT2D eigenvalue weighted by molar-refractivity contribution is 0.0738. The van der Waals surface area contributed by atoms with Crippen LogP contribution in [0.4, 0.5) is 10.2 Å². The number of aryl methyl sites for hydroxylation is 1. The summed E-state index contributed by atoms with van der Waals surface area (Å²) in [6, 6.07) is 8.78. The Bertz CT molecular complexity index is 932. The summed E-state index contributed by atoms with van der Waals surface area (Å²) in [5, 5.41) is 0. The first-order valence-electron chi connectivity index (χ1n) is 8.79. The first kappa shape index (κ1) is 16.5. The van der Waals surface area contributed by atoms with E-state index in [1.807, 2.05) is 30.0 Å². The van der Waals surface area contributed by atoms with Gasteiger partial charge in [0.05, 0.1) is 5.69 Å². The van der Waals surface area contributed by atoms with E-state index in [0.29, 0.717) is 36.5 Å². The second-order valence-electron chi connectivity index (χ2n) is 6.30. The standard InChI is InChI=1S/C19H20FN5O/c1-2-15-18(25-13-14(20)6-7-17(25)22-15)19(26)24-11-9-23(10-12-24)16-5-3-4-8-21-16/h3-8,13H,2,9-12H2,1H3. The summed E-state index contributed by atoms with van der Waals surface area (Å²) in [4.78, 5) is 25.9. The first-order valence-corrected chi connectivity index (χ1v) is 8.79. The highest BCUT2D eigenvalue weighted by Gasteiger charge is 2.27. The minimum absolute atomic E-state index is 0.0966. The van der Waals surface area contributed by atoms with Crippen LogP contribution in [0, 0.1) is 5.82 Å². The van der Waals surface area contributed by atoms with E-state index in [-0.39, 0.29) is 11.7 Å². The molecule has 4 rings (SSSR count). The predicted molar refractivity (Wildman–Crippen MR) is 96.9 cm³/mol. The van der Waals surface area contributed by atoms with Crippen LogP contribution in [0.1, 0.15) is 23.1 Å². The maximum atomic E-state index is 13.7. The number of aromatic nitrogens is 3. The van der Waals surface area contributed by atoms with Crippen LogP contribution in [-0.2, 0) is 6.42 Å². The van der Waals surface area contributed by atoms with Crippen molar-refractivity contribution >= 4 is 17.4 Å². The van der Waals surface area contributed by atoms with Crippen molar-refractivity contribution in [2.75, 3.05) is 31.1 Å². The first-order chi connectivity index (χ1) is 12.7. The predicted octanol–water partition coefficient (Wildman–Crippen LogP) is 2.39. The second-order valence-corrected chi connectivity index (χ2v) is 6.30. The van der Waals surface area contributed by atoms with Gasteiger partial charge in [-0.05, 0) is 30.7 Å². The number of piperazine rings is 1. The molecule has 0 unspecified atom stereocenters. The third kappa shape index (κ3) is 2.89. The van der Waals surface area contributed by atoms with Crippen LogP contribution in [0.2, 0.25) is 0 Å². The van der Waals surface area contributed by atoms with Gasteiger partial charge in [-0.2, -0.15) is 0 Å². The number of hydrogen-bond acceptors (Lipinski definition) is 4. The number of hydrogen-bond donors (Lipinski definition) is 0. The third-order valence-corrected chi connectivity index (χ3v) is 4.73. The highest BCUT2D eigenvalue weighted by molar-refractivity contribution is 5.95. The Morgan fingerprint density at radius 1 is 1.15 bits per heavy atom. The number of halogens is 1. The molecule has 0 N–H and O–H groups in total. The van der Waals surface area contributed by atoms with Gasteiger partial charge in [0.25, 0.3) is 5.91 Å². The van der Waals surface area contributed by atoms with Crippen LogP contribution in [-0.4, -0.2) is 51.4 Å². The van der Waals surface area contributed by atoms with Crippen LogP contribution in [0.3, 0.4) is 0 Å². The van der Waals surface area contributed by atoms with Gasteiger partial charge in [0, 0.05) is 38.6 Å². The molecule has 0 aliphatic carbocycles. The number of carbonyl (C=O) groups excluding carboxylic acids is 1. The number of rotatable bonds is 3. The number of nitrogens with zero attached hydrogens (tertiary/aromatic N) is 5. The van der Waals surface area contributed by atoms with E-state index in [1.54, 1.807) is 16.7 Å². The summed E-state index contributed by atoms with van der Waals surface area (Å²) in [6.07, 6.45) is 3.73. The van der Waals surface area contributed by atoms with E-state index in [0.717, 1.165) is 18.9 Å². The smallest absolute Gasteiger partial charge is 0.272 e. The van der Waals surface area contributed by atoms with Crippen molar-refractivity contribution in [3.8, 4) is 0 Å². The lowest BCUT2D eigenvalue weighted by atomic mass is 10.2. The van der Waals surface area contributed by atoms with Gasteiger partial charge in [0.1, 0.15) is 23.0 Å². The Morgan fingerprint density at radius 3 is 2.65 bits per heavy atom. The summed E-state index contributed by atoms with van der Waals surface area (Å²) in [6.45, 7) is 4.58. The van der Waals surface area contributed by atoms with Crippen molar-refractivity contribution in [3.05, 3.63) is 59.9 Å².